The van der Waals surface area contributed by atoms with Crippen LogP contribution in [0.4, 0.5) is 5.69 Å². The summed E-state index contributed by atoms with van der Waals surface area (Å²) >= 11 is 1.03. The first-order valence-corrected chi connectivity index (χ1v) is 7.23. The summed E-state index contributed by atoms with van der Waals surface area (Å²) in [4.78, 5) is 39.8. The van der Waals surface area contributed by atoms with E-state index in [0.29, 0.717) is 16.4 Å². The average Bonchev–Trinajstić information content (AvgIpc) is 2.51. The number of hydrogen-bond acceptors (Lipinski definition) is 6. The van der Waals surface area contributed by atoms with Crippen molar-refractivity contribution in [3.8, 4) is 0 Å². The molecular formula is C14H14N2O5S. The van der Waals surface area contributed by atoms with Gasteiger partial charge in [-0.2, -0.15) is 0 Å². The molecule has 0 aliphatic carbocycles. The van der Waals surface area contributed by atoms with Gasteiger partial charge in [-0.05, 0) is 24.3 Å². The van der Waals surface area contributed by atoms with Crippen LogP contribution in [0.25, 0.3) is 0 Å². The number of carbonyl (C=O) groups excluding carboxylic acids is 2. The summed E-state index contributed by atoms with van der Waals surface area (Å²) in [5.74, 6) is -1.79. The number of amides is 1. The highest BCUT2D eigenvalue weighted by Gasteiger charge is 2.33. The number of methoxy groups -OCH3 is 1. The Balaban J connectivity index is 2.24. The summed E-state index contributed by atoms with van der Waals surface area (Å²) in [5, 5.41) is 8.53. The van der Waals surface area contributed by atoms with Gasteiger partial charge in [0.2, 0.25) is 5.91 Å². The van der Waals surface area contributed by atoms with E-state index in [9.17, 15) is 14.4 Å². The maximum atomic E-state index is 11.8. The molecule has 1 atom stereocenters. The fourth-order valence-corrected chi connectivity index (χ4v) is 2.79. The number of hydrogen-bond donors (Lipinski definition) is 1. The highest BCUT2D eigenvalue weighted by atomic mass is 32.2. The lowest BCUT2D eigenvalue weighted by atomic mass is 10.2. The van der Waals surface area contributed by atoms with Crippen LogP contribution >= 0.6 is 11.8 Å². The smallest absolute Gasteiger partial charge is 0.337 e. The van der Waals surface area contributed by atoms with Crippen molar-refractivity contribution in [1.29, 1.82) is 0 Å². The van der Waals surface area contributed by atoms with Crippen molar-refractivity contribution < 1.29 is 24.2 Å². The molecule has 0 spiro atoms. The summed E-state index contributed by atoms with van der Waals surface area (Å²) < 4.78 is 4.60. The van der Waals surface area contributed by atoms with Crippen molar-refractivity contribution >= 4 is 40.5 Å². The van der Waals surface area contributed by atoms with Gasteiger partial charge in [-0.15, -0.1) is 0 Å². The van der Waals surface area contributed by atoms with Gasteiger partial charge in [-0.3, -0.25) is 14.5 Å². The molecule has 7 nitrogen and oxygen atoms in total. The van der Waals surface area contributed by atoms with E-state index in [2.05, 4.69) is 9.73 Å². The minimum Gasteiger partial charge on any atom is -0.480 e. The molecular weight excluding hydrogens is 308 g/mol. The standard InChI is InChI=1S/C14H14N2O5S/c1-16-11(17)7-10(12(18)19)22-14(16)15-9-5-3-8(4-6-9)13(20)21-2/h3-6,10H,7H2,1-2H3,(H,18,19). The molecule has 1 fully saturated rings. The molecule has 1 aromatic carbocycles. The van der Waals surface area contributed by atoms with Crippen molar-refractivity contribution in [2.24, 2.45) is 4.99 Å². The molecule has 1 N–H and O–H groups in total. The van der Waals surface area contributed by atoms with Gasteiger partial charge < -0.3 is 9.84 Å². The molecule has 1 aliphatic rings. The van der Waals surface area contributed by atoms with Crippen LogP contribution in [0, 0.1) is 0 Å². The normalized spacial score (nSPS) is 20.1. The molecule has 1 amide bonds. The van der Waals surface area contributed by atoms with E-state index in [1.54, 1.807) is 31.3 Å². The Morgan fingerprint density at radius 3 is 2.55 bits per heavy atom. The zero-order valence-electron chi connectivity index (χ0n) is 12.0. The number of carboxylic acids is 1. The minimum absolute atomic E-state index is 0.0587. The van der Waals surface area contributed by atoms with Gasteiger partial charge in [0.05, 0.1) is 24.8 Å². The lowest BCUT2D eigenvalue weighted by Crippen LogP contribution is -2.41. The Morgan fingerprint density at radius 1 is 1.36 bits per heavy atom. The number of thioether (sulfide) groups is 1. The van der Waals surface area contributed by atoms with Crippen LogP contribution in [-0.4, -0.2) is 52.4 Å². The fourth-order valence-electron chi connectivity index (χ4n) is 1.79. The molecule has 0 radical (unpaired) electrons. The lowest BCUT2D eigenvalue weighted by molar-refractivity contribution is -0.139. The lowest BCUT2D eigenvalue weighted by Gasteiger charge is -2.27. The highest BCUT2D eigenvalue weighted by molar-refractivity contribution is 8.15. The third-order valence-electron chi connectivity index (χ3n) is 3.06. The first-order valence-electron chi connectivity index (χ1n) is 6.35. The maximum Gasteiger partial charge on any atom is 0.337 e. The van der Waals surface area contributed by atoms with Gasteiger partial charge in [0.15, 0.2) is 5.17 Å². The summed E-state index contributed by atoms with van der Waals surface area (Å²) in [6.45, 7) is 0. The van der Waals surface area contributed by atoms with Gasteiger partial charge in [-0.1, -0.05) is 11.8 Å². The molecule has 0 saturated carbocycles. The zero-order chi connectivity index (χ0) is 16.3. The number of benzene rings is 1. The molecule has 0 aromatic heterocycles. The van der Waals surface area contributed by atoms with E-state index < -0.39 is 17.2 Å². The van der Waals surface area contributed by atoms with Gasteiger partial charge in [-0.25, -0.2) is 9.79 Å². The number of aliphatic imine (C=N–C) groups is 1. The second kappa shape index (κ2) is 6.61. The van der Waals surface area contributed by atoms with Gasteiger partial charge in [0, 0.05) is 7.05 Å². The van der Waals surface area contributed by atoms with E-state index in [1.165, 1.54) is 12.0 Å². The van der Waals surface area contributed by atoms with Crippen LogP contribution in [0.5, 0.6) is 0 Å². The molecule has 1 aliphatic heterocycles. The van der Waals surface area contributed by atoms with Crippen LogP contribution in [0.1, 0.15) is 16.8 Å². The Labute approximate surface area is 131 Å². The average molecular weight is 322 g/mol. The number of amidine groups is 1. The molecule has 1 aromatic rings. The maximum absolute atomic E-state index is 11.8. The predicted octanol–water partition coefficient (Wildman–Crippen LogP) is 1.51. The Morgan fingerprint density at radius 2 is 2.00 bits per heavy atom. The molecule has 116 valence electrons. The van der Waals surface area contributed by atoms with E-state index in [1.807, 2.05) is 0 Å². The van der Waals surface area contributed by atoms with Crippen LogP contribution in [0.2, 0.25) is 0 Å². The van der Waals surface area contributed by atoms with Crippen molar-refractivity contribution in [1.82, 2.24) is 4.90 Å². The summed E-state index contributed by atoms with van der Waals surface area (Å²) in [5.41, 5.74) is 0.899. The Kier molecular flexibility index (Phi) is 4.81. The van der Waals surface area contributed by atoms with Crippen molar-refractivity contribution in [3.05, 3.63) is 29.8 Å². The molecule has 1 unspecified atom stereocenters. The van der Waals surface area contributed by atoms with E-state index >= 15 is 0 Å². The van der Waals surface area contributed by atoms with Crippen LogP contribution < -0.4 is 0 Å². The van der Waals surface area contributed by atoms with E-state index in [0.717, 1.165) is 11.8 Å². The van der Waals surface area contributed by atoms with Crippen LogP contribution in [0.15, 0.2) is 29.3 Å². The quantitative estimate of drug-likeness (QED) is 0.847. The number of rotatable bonds is 3. The first-order chi connectivity index (χ1) is 10.4. The summed E-state index contributed by atoms with van der Waals surface area (Å²) in [6, 6.07) is 6.30. The molecule has 8 heteroatoms. The molecule has 22 heavy (non-hydrogen) atoms. The van der Waals surface area contributed by atoms with Gasteiger partial charge >= 0.3 is 11.9 Å². The number of aliphatic carboxylic acids is 1. The zero-order valence-corrected chi connectivity index (χ0v) is 12.8. The molecule has 1 heterocycles. The SMILES string of the molecule is COC(=O)c1ccc(N=C2SC(C(=O)O)CC(=O)N2C)cc1. The number of esters is 1. The van der Waals surface area contributed by atoms with Gasteiger partial charge in [0.25, 0.3) is 0 Å². The third-order valence-corrected chi connectivity index (χ3v) is 4.29. The van der Waals surface area contributed by atoms with Crippen LogP contribution in [0.3, 0.4) is 0 Å². The molecule has 1 saturated heterocycles. The van der Waals surface area contributed by atoms with E-state index in [-0.39, 0.29) is 12.3 Å². The van der Waals surface area contributed by atoms with E-state index in [4.69, 9.17) is 5.11 Å². The predicted molar refractivity (Wildman–Crippen MR) is 81.3 cm³/mol. The Bertz CT molecular complexity index is 641. The number of carboxylic acid groups (broad SMARTS) is 1. The molecule has 0 bridgehead atoms. The van der Waals surface area contributed by atoms with Crippen molar-refractivity contribution in [3.63, 3.8) is 0 Å². The largest absolute Gasteiger partial charge is 0.480 e. The molecule has 2 rings (SSSR count). The van der Waals surface area contributed by atoms with Crippen molar-refractivity contribution in [2.45, 2.75) is 11.7 Å². The van der Waals surface area contributed by atoms with Crippen molar-refractivity contribution in [2.75, 3.05) is 14.2 Å². The third kappa shape index (κ3) is 3.45. The summed E-state index contributed by atoms with van der Waals surface area (Å²) in [7, 11) is 2.84. The number of carbonyl (C=O) groups is 3. The van der Waals surface area contributed by atoms with Crippen LogP contribution in [-0.2, 0) is 14.3 Å². The number of ether oxygens (including phenoxy) is 1. The second-order valence-electron chi connectivity index (χ2n) is 4.53. The topological polar surface area (TPSA) is 96.3 Å². The monoisotopic (exact) mass is 322 g/mol. The minimum atomic E-state index is -1.04. The summed E-state index contributed by atoms with van der Waals surface area (Å²) in [6.07, 6.45) is -0.0587. The Hall–Kier alpha value is -2.35. The fraction of sp³-hybridized carbons (Fsp3) is 0.286. The van der Waals surface area contributed by atoms with Gasteiger partial charge in [0.1, 0.15) is 5.25 Å². The highest BCUT2D eigenvalue weighted by Crippen LogP contribution is 2.28. The first kappa shape index (κ1) is 16.0. The second-order valence-corrected chi connectivity index (χ2v) is 5.70. The number of nitrogens with zero attached hydrogens (tertiary/aromatic N) is 2.